The number of hydrogen-bond donors (Lipinski definition) is 2. The Hall–Kier alpha value is -2.64. The van der Waals surface area contributed by atoms with Crippen LogP contribution in [0.15, 0.2) is 47.8 Å². The van der Waals surface area contributed by atoms with Crippen LogP contribution in [0.2, 0.25) is 0 Å². The molecule has 4 heterocycles. The number of likely N-dealkylation sites (tertiary alicyclic amines) is 1. The van der Waals surface area contributed by atoms with E-state index in [0.29, 0.717) is 18.9 Å². The van der Waals surface area contributed by atoms with Crippen molar-refractivity contribution in [3.63, 3.8) is 0 Å². The third-order valence-electron chi connectivity index (χ3n) is 7.36. The van der Waals surface area contributed by atoms with Gasteiger partial charge in [0.05, 0.1) is 0 Å². The second-order valence-corrected chi connectivity index (χ2v) is 11.3. The lowest BCUT2D eigenvalue weighted by Gasteiger charge is -2.41. The number of hydrogen-bond acceptors (Lipinski definition) is 4. The number of rotatable bonds is 8. The van der Waals surface area contributed by atoms with E-state index in [1.165, 1.54) is 26.4 Å². The molecule has 2 saturated heterocycles. The topological polar surface area (TPSA) is 68.4 Å². The van der Waals surface area contributed by atoms with Crippen molar-refractivity contribution in [2.24, 2.45) is 11.8 Å². The molecule has 0 radical (unpaired) electrons. The van der Waals surface area contributed by atoms with Gasteiger partial charge in [0.1, 0.15) is 5.54 Å². The summed E-state index contributed by atoms with van der Waals surface area (Å²) in [6.45, 7) is 7.47. The summed E-state index contributed by atoms with van der Waals surface area (Å²) in [5.74, 6) is 0.472. The number of aromatic nitrogens is 1. The number of thiophene rings is 1. The number of fused-ring (bicyclic) bond motifs is 1. The summed E-state index contributed by atoms with van der Waals surface area (Å²) >= 11 is 1.67. The first kappa shape index (κ1) is 23.1. The number of amides is 3. The highest BCUT2D eigenvalue weighted by Crippen LogP contribution is 2.38. The van der Waals surface area contributed by atoms with Crippen LogP contribution in [0.25, 0.3) is 10.9 Å². The Labute approximate surface area is 205 Å². The third-order valence-corrected chi connectivity index (χ3v) is 8.29. The number of H-pyrrole nitrogens is 1. The summed E-state index contributed by atoms with van der Waals surface area (Å²) < 4.78 is 0. The van der Waals surface area contributed by atoms with Crippen molar-refractivity contribution < 1.29 is 9.59 Å². The number of imide groups is 1. The molecule has 180 valence electrons. The third kappa shape index (κ3) is 4.51. The highest BCUT2D eigenvalue weighted by molar-refractivity contribution is 7.09. The zero-order valence-corrected chi connectivity index (χ0v) is 20.9. The van der Waals surface area contributed by atoms with Crippen molar-refractivity contribution in [1.82, 2.24) is 20.1 Å². The summed E-state index contributed by atoms with van der Waals surface area (Å²) in [7, 11) is 0. The molecule has 0 spiro atoms. The molecule has 3 amide bonds. The van der Waals surface area contributed by atoms with Crippen LogP contribution in [0.1, 0.15) is 43.7 Å². The number of aromatic amines is 1. The van der Waals surface area contributed by atoms with Crippen LogP contribution in [0.4, 0.5) is 4.79 Å². The van der Waals surface area contributed by atoms with E-state index in [1.807, 2.05) is 11.4 Å². The number of benzene rings is 1. The molecule has 2 fully saturated rings. The van der Waals surface area contributed by atoms with E-state index in [4.69, 9.17) is 0 Å². The van der Waals surface area contributed by atoms with Gasteiger partial charge in [0.15, 0.2) is 0 Å². The number of para-hydroxylation sites is 1. The van der Waals surface area contributed by atoms with Gasteiger partial charge < -0.3 is 10.3 Å². The SMILES string of the molecule is CC(C)CC1(C2CCN(Cc3cc4ccccc4[nH]3)CC2)NC(=O)N(CCc2cccs2)C1=O. The van der Waals surface area contributed by atoms with Crippen LogP contribution in [0.3, 0.4) is 0 Å². The Morgan fingerprint density at radius 1 is 1.12 bits per heavy atom. The fraction of sp³-hybridized carbons (Fsp3) is 0.481. The lowest BCUT2D eigenvalue weighted by atomic mass is 9.73. The van der Waals surface area contributed by atoms with Gasteiger partial charge in [-0.25, -0.2) is 4.79 Å². The monoisotopic (exact) mass is 478 g/mol. The van der Waals surface area contributed by atoms with E-state index in [2.05, 4.69) is 65.4 Å². The number of carbonyl (C=O) groups excluding carboxylic acids is 2. The van der Waals surface area contributed by atoms with Crippen molar-refractivity contribution in [2.75, 3.05) is 19.6 Å². The van der Waals surface area contributed by atoms with Crippen LogP contribution >= 0.6 is 11.3 Å². The molecule has 6 nitrogen and oxygen atoms in total. The van der Waals surface area contributed by atoms with Gasteiger partial charge in [-0.15, -0.1) is 11.3 Å². The maximum atomic E-state index is 13.7. The number of carbonyl (C=O) groups is 2. The molecule has 2 aliphatic rings. The average Bonchev–Trinajstić information content (AvgIpc) is 3.52. The largest absolute Gasteiger partial charge is 0.357 e. The molecule has 0 bridgehead atoms. The van der Waals surface area contributed by atoms with Crippen molar-refractivity contribution in [3.8, 4) is 0 Å². The first-order chi connectivity index (χ1) is 16.4. The molecule has 2 aromatic heterocycles. The number of nitrogens with zero attached hydrogens (tertiary/aromatic N) is 2. The van der Waals surface area contributed by atoms with Crippen molar-refractivity contribution in [2.45, 2.75) is 51.6 Å². The maximum Gasteiger partial charge on any atom is 0.325 e. The van der Waals surface area contributed by atoms with Gasteiger partial charge in [-0.2, -0.15) is 0 Å². The van der Waals surface area contributed by atoms with Crippen LogP contribution in [0.5, 0.6) is 0 Å². The average molecular weight is 479 g/mol. The number of urea groups is 1. The zero-order chi connectivity index (χ0) is 23.7. The van der Waals surface area contributed by atoms with Gasteiger partial charge in [-0.3, -0.25) is 14.6 Å². The Kier molecular flexibility index (Phi) is 6.49. The van der Waals surface area contributed by atoms with E-state index >= 15 is 0 Å². The van der Waals surface area contributed by atoms with Crippen LogP contribution < -0.4 is 5.32 Å². The zero-order valence-electron chi connectivity index (χ0n) is 20.0. The fourth-order valence-corrected chi connectivity index (χ4v) is 6.49. The molecular formula is C27H34N4O2S. The summed E-state index contributed by atoms with van der Waals surface area (Å²) in [5.41, 5.74) is 1.63. The molecular weight excluding hydrogens is 444 g/mol. The van der Waals surface area contributed by atoms with Gasteiger partial charge in [0.25, 0.3) is 5.91 Å². The predicted octanol–water partition coefficient (Wildman–Crippen LogP) is 5.02. The van der Waals surface area contributed by atoms with E-state index in [0.717, 1.165) is 38.9 Å². The van der Waals surface area contributed by atoms with Gasteiger partial charge >= 0.3 is 6.03 Å². The minimum absolute atomic E-state index is 0.0168. The Bertz CT molecular complexity index is 1110. The van der Waals surface area contributed by atoms with E-state index < -0.39 is 5.54 Å². The van der Waals surface area contributed by atoms with Crippen LogP contribution in [-0.2, 0) is 17.8 Å². The van der Waals surface area contributed by atoms with Gasteiger partial charge in [-0.05, 0) is 79.6 Å². The summed E-state index contributed by atoms with van der Waals surface area (Å²) in [6.07, 6.45) is 3.24. The van der Waals surface area contributed by atoms with E-state index in [9.17, 15) is 9.59 Å². The van der Waals surface area contributed by atoms with Gasteiger partial charge in [-0.1, -0.05) is 38.1 Å². The molecule has 3 aromatic rings. The Balaban J connectivity index is 1.26. The van der Waals surface area contributed by atoms with Crippen LogP contribution in [0, 0.1) is 11.8 Å². The standard InChI is InChI=1S/C27H34N4O2S/c1-19(2)17-27(25(32)31(26(33)29-27)14-11-23-7-5-15-34-23)21-9-12-30(13-10-21)18-22-16-20-6-3-4-8-24(20)28-22/h3-8,15-16,19,21,28H,9-14,17-18H2,1-2H3,(H,29,33). The number of nitrogens with one attached hydrogen (secondary N) is 2. The summed E-state index contributed by atoms with van der Waals surface area (Å²) in [4.78, 5) is 35.3. The molecule has 1 unspecified atom stereocenters. The Morgan fingerprint density at radius 3 is 2.62 bits per heavy atom. The van der Waals surface area contributed by atoms with Crippen LogP contribution in [-0.4, -0.2) is 51.9 Å². The molecule has 2 N–H and O–H groups in total. The molecule has 1 atom stereocenters. The molecule has 0 saturated carbocycles. The molecule has 0 aliphatic carbocycles. The first-order valence-corrected chi connectivity index (χ1v) is 13.3. The van der Waals surface area contributed by atoms with Crippen molar-refractivity contribution in [3.05, 3.63) is 58.4 Å². The maximum absolute atomic E-state index is 13.7. The smallest absolute Gasteiger partial charge is 0.325 e. The molecule has 2 aliphatic heterocycles. The molecule has 5 rings (SSSR count). The molecule has 7 heteroatoms. The second kappa shape index (κ2) is 9.55. The molecule has 34 heavy (non-hydrogen) atoms. The second-order valence-electron chi connectivity index (χ2n) is 10.2. The van der Waals surface area contributed by atoms with Gasteiger partial charge in [0.2, 0.25) is 0 Å². The summed E-state index contributed by atoms with van der Waals surface area (Å²) in [5, 5.41) is 6.47. The minimum Gasteiger partial charge on any atom is -0.357 e. The van der Waals surface area contributed by atoms with E-state index in [-0.39, 0.29) is 17.9 Å². The Morgan fingerprint density at radius 2 is 1.91 bits per heavy atom. The first-order valence-electron chi connectivity index (χ1n) is 12.4. The van der Waals surface area contributed by atoms with Gasteiger partial charge in [0, 0.05) is 29.2 Å². The normalized spacial score (nSPS) is 22.3. The predicted molar refractivity (Wildman–Crippen MR) is 137 cm³/mol. The highest BCUT2D eigenvalue weighted by Gasteiger charge is 2.55. The van der Waals surface area contributed by atoms with Crippen molar-refractivity contribution in [1.29, 1.82) is 0 Å². The lowest BCUT2D eigenvalue weighted by molar-refractivity contribution is -0.134. The quantitative estimate of drug-likeness (QED) is 0.447. The lowest BCUT2D eigenvalue weighted by Crippen LogP contribution is -2.56. The van der Waals surface area contributed by atoms with Crippen molar-refractivity contribution >= 4 is 34.2 Å². The minimum atomic E-state index is -0.770. The number of piperidine rings is 1. The summed E-state index contributed by atoms with van der Waals surface area (Å²) in [6, 6.07) is 14.5. The molecule has 1 aromatic carbocycles. The highest BCUT2D eigenvalue weighted by atomic mass is 32.1. The van der Waals surface area contributed by atoms with E-state index in [1.54, 1.807) is 11.3 Å². The fourth-order valence-electron chi connectivity index (χ4n) is 5.79.